The van der Waals surface area contributed by atoms with Crippen LogP contribution in [0.4, 0.5) is 0 Å². The first-order chi connectivity index (χ1) is 5.90. The minimum absolute atomic E-state index is 0.361. The van der Waals surface area contributed by atoms with E-state index in [4.69, 9.17) is 4.74 Å². The highest BCUT2D eigenvalue weighted by atomic mass is 16.5. The molecule has 61 valence electrons. The molecule has 0 aromatic heterocycles. The van der Waals surface area contributed by atoms with Gasteiger partial charge in [-0.25, -0.2) is 0 Å². The number of benzene rings is 1. The summed E-state index contributed by atoms with van der Waals surface area (Å²) in [5, 5.41) is 0. The molecule has 0 bridgehead atoms. The maximum absolute atomic E-state index is 5.52. The highest BCUT2D eigenvalue weighted by Crippen LogP contribution is 2.26. The Labute approximate surface area is 72.7 Å². The summed E-state index contributed by atoms with van der Waals surface area (Å²) in [4.78, 5) is 0. The molecule has 0 saturated heterocycles. The second-order valence-corrected chi connectivity index (χ2v) is 3.02. The minimum Gasteiger partial charge on any atom is -0.493 e. The van der Waals surface area contributed by atoms with E-state index in [9.17, 15) is 0 Å². The van der Waals surface area contributed by atoms with Gasteiger partial charge < -0.3 is 4.74 Å². The van der Waals surface area contributed by atoms with E-state index >= 15 is 0 Å². The third-order valence-corrected chi connectivity index (χ3v) is 2.17. The lowest BCUT2D eigenvalue weighted by Gasteiger charge is -2.22. The van der Waals surface area contributed by atoms with Crippen LogP contribution in [-0.4, -0.2) is 6.61 Å². The molecule has 0 fully saturated rings. The van der Waals surface area contributed by atoms with Crippen LogP contribution < -0.4 is 4.74 Å². The van der Waals surface area contributed by atoms with Crippen LogP contribution in [0.15, 0.2) is 30.8 Å². The first kappa shape index (κ1) is 7.41. The van der Waals surface area contributed by atoms with Crippen LogP contribution in [-0.2, 0) is 6.42 Å². The fourth-order valence-corrected chi connectivity index (χ4v) is 1.46. The number of hydrogen-bond donors (Lipinski definition) is 0. The van der Waals surface area contributed by atoms with E-state index in [1.54, 1.807) is 0 Å². The zero-order valence-corrected chi connectivity index (χ0v) is 6.92. The number of ether oxygens (including phenoxy) is 1. The molecule has 1 radical (unpaired) electrons. The van der Waals surface area contributed by atoms with Gasteiger partial charge in [-0.05, 0) is 24.1 Å². The van der Waals surface area contributed by atoms with Crippen molar-refractivity contribution in [2.45, 2.75) is 6.42 Å². The van der Waals surface area contributed by atoms with Crippen LogP contribution in [0.3, 0.4) is 0 Å². The van der Waals surface area contributed by atoms with Gasteiger partial charge >= 0.3 is 0 Å². The lowest BCUT2D eigenvalue weighted by atomic mass is 9.97. The topological polar surface area (TPSA) is 9.23 Å². The molecule has 1 aromatic carbocycles. The van der Waals surface area contributed by atoms with Crippen molar-refractivity contribution >= 4 is 0 Å². The van der Waals surface area contributed by atoms with Gasteiger partial charge in [0.25, 0.3) is 0 Å². The van der Waals surface area contributed by atoms with Gasteiger partial charge in [0.1, 0.15) is 5.75 Å². The third kappa shape index (κ3) is 1.22. The fourth-order valence-electron chi connectivity index (χ4n) is 1.46. The Morgan fingerprint density at radius 2 is 2.25 bits per heavy atom. The maximum atomic E-state index is 5.52. The predicted octanol–water partition coefficient (Wildman–Crippen LogP) is 2.23. The number of fused-ring (bicyclic) bond motifs is 1. The molecule has 2 rings (SSSR count). The molecular formula is C11H11O. The van der Waals surface area contributed by atoms with Gasteiger partial charge in [0, 0.05) is 5.92 Å². The summed E-state index contributed by atoms with van der Waals surface area (Å²) in [6.45, 7) is 4.38. The quantitative estimate of drug-likeness (QED) is 0.610. The standard InChI is InChI=1S/C11H11O/c1-2-9-7-10-5-3-4-6-11(10)12-8-9/h3-6,9H,1,7-8H2. The molecule has 12 heavy (non-hydrogen) atoms. The molecule has 1 heterocycles. The summed E-state index contributed by atoms with van der Waals surface area (Å²) in [5.74, 6) is 1.38. The number of hydrogen-bond acceptors (Lipinski definition) is 1. The van der Waals surface area contributed by atoms with E-state index in [0.717, 1.165) is 18.8 Å². The van der Waals surface area contributed by atoms with Crippen LogP contribution in [0.2, 0.25) is 0 Å². The van der Waals surface area contributed by atoms with Crippen molar-refractivity contribution in [1.29, 1.82) is 0 Å². The Kier molecular flexibility index (Phi) is 1.86. The van der Waals surface area contributed by atoms with Gasteiger partial charge in [-0.1, -0.05) is 24.8 Å². The molecule has 0 aliphatic carbocycles. The van der Waals surface area contributed by atoms with Crippen molar-refractivity contribution in [3.8, 4) is 5.75 Å². The van der Waals surface area contributed by atoms with Gasteiger partial charge in [-0.15, -0.1) is 0 Å². The van der Waals surface area contributed by atoms with Crippen LogP contribution in [0, 0.1) is 12.0 Å². The van der Waals surface area contributed by atoms with Crippen molar-refractivity contribution in [2.24, 2.45) is 5.92 Å². The minimum atomic E-state index is 0.361. The zero-order valence-electron chi connectivity index (χ0n) is 6.92. The average molecular weight is 159 g/mol. The number of para-hydroxylation sites is 1. The molecule has 1 nitrogen and oxygen atoms in total. The molecule has 0 spiro atoms. The van der Waals surface area contributed by atoms with E-state index in [0.29, 0.717) is 5.92 Å². The summed E-state index contributed by atoms with van der Waals surface area (Å²) < 4.78 is 5.52. The molecule has 1 unspecified atom stereocenters. The SMILES string of the molecule is C=[C]C1COc2ccccc2C1. The average Bonchev–Trinajstić information content (AvgIpc) is 2.17. The monoisotopic (exact) mass is 159 g/mol. The van der Waals surface area contributed by atoms with Gasteiger partial charge in [-0.3, -0.25) is 0 Å². The molecule has 1 heteroatoms. The molecular weight excluding hydrogens is 148 g/mol. The Bertz CT molecular complexity index is 291. The van der Waals surface area contributed by atoms with Crippen LogP contribution in [0.1, 0.15) is 5.56 Å². The van der Waals surface area contributed by atoms with Gasteiger partial charge in [0.15, 0.2) is 0 Å². The van der Waals surface area contributed by atoms with Crippen molar-refractivity contribution < 1.29 is 4.74 Å². The summed E-state index contributed by atoms with van der Waals surface area (Å²) in [5.41, 5.74) is 1.27. The summed E-state index contributed by atoms with van der Waals surface area (Å²) in [7, 11) is 0. The van der Waals surface area contributed by atoms with Crippen molar-refractivity contribution in [3.05, 3.63) is 42.5 Å². The second-order valence-electron chi connectivity index (χ2n) is 3.02. The molecule has 0 saturated carbocycles. The van der Waals surface area contributed by atoms with E-state index in [1.165, 1.54) is 5.56 Å². The zero-order chi connectivity index (χ0) is 8.39. The van der Waals surface area contributed by atoms with Gasteiger partial charge in [0.05, 0.1) is 6.61 Å². The van der Waals surface area contributed by atoms with Crippen molar-refractivity contribution in [2.75, 3.05) is 6.61 Å². The Hall–Kier alpha value is -1.24. The summed E-state index contributed by atoms with van der Waals surface area (Å²) in [6, 6.07) is 8.14. The van der Waals surface area contributed by atoms with Crippen LogP contribution in [0.25, 0.3) is 0 Å². The predicted molar refractivity (Wildman–Crippen MR) is 48.0 cm³/mol. The van der Waals surface area contributed by atoms with Crippen molar-refractivity contribution in [1.82, 2.24) is 0 Å². The van der Waals surface area contributed by atoms with Crippen LogP contribution in [0.5, 0.6) is 5.75 Å². The lowest BCUT2D eigenvalue weighted by Crippen LogP contribution is -2.18. The normalized spacial score (nSPS) is 20.8. The first-order valence-corrected chi connectivity index (χ1v) is 4.13. The van der Waals surface area contributed by atoms with Crippen molar-refractivity contribution in [3.63, 3.8) is 0 Å². The van der Waals surface area contributed by atoms with Gasteiger partial charge in [-0.2, -0.15) is 0 Å². The fraction of sp³-hybridized carbons (Fsp3) is 0.273. The van der Waals surface area contributed by atoms with E-state index in [2.05, 4.69) is 18.7 Å². The Balaban J connectivity index is 2.28. The highest BCUT2D eigenvalue weighted by molar-refractivity contribution is 5.35. The Morgan fingerprint density at radius 3 is 3.08 bits per heavy atom. The largest absolute Gasteiger partial charge is 0.493 e. The van der Waals surface area contributed by atoms with E-state index in [1.807, 2.05) is 18.2 Å². The lowest BCUT2D eigenvalue weighted by molar-refractivity contribution is 0.246. The summed E-state index contributed by atoms with van der Waals surface area (Å²) >= 11 is 0. The molecule has 1 atom stereocenters. The van der Waals surface area contributed by atoms with Crippen LogP contribution >= 0.6 is 0 Å². The third-order valence-electron chi connectivity index (χ3n) is 2.17. The Morgan fingerprint density at radius 1 is 1.42 bits per heavy atom. The maximum Gasteiger partial charge on any atom is 0.122 e. The first-order valence-electron chi connectivity index (χ1n) is 4.13. The highest BCUT2D eigenvalue weighted by Gasteiger charge is 2.16. The smallest absolute Gasteiger partial charge is 0.122 e. The van der Waals surface area contributed by atoms with E-state index in [-0.39, 0.29) is 0 Å². The van der Waals surface area contributed by atoms with E-state index < -0.39 is 0 Å². The molecule has 0 N–H and O–H groups in total. The second kappa shape index (κ2) is 3.02. The number of rotatable bonds is 1. The molecule has 0 amide bonds. The summed E-state index contributed by atoms with van der Waals surface area (Å²) in [6.07, 6.45) is 3.98. The molecule has 1 aromatic rings. The molecule has 1 aliphatic rings. The molecule has 1 aliphatic heterocycles. The van der Waals surface area contributed by atoms with Gasteiger partial charge in [0.2, 0.25) is 0 Å².